The second-order valence-electron chi connectivity index (χ2n) is 3.68. The van der Waals surface area contributed by atoms with Crippen molar-refractivity contribution in [2.75, 3.05) is 13.2 Å². The minimum atomic E-state index is -0.0281. The zero-order chi connectivity index (χ0) is 11.3. The molecule has 82 valence electrons. The Morgan fingerprint density at radius 3 is 2.40 bits per heavy atom. The average molecular weight is 207 g/mol. The van der Waals surface area contributed by atoms with Crippen molar-refractivity contribution in [3.63, 3.8) is 0 Å². The molecule has 3 nitrogen and oxygen atoms in total. The van der Waals surface area contributed by atoms with E-state index in [0.717, 1.165) is 0 Å². The van der Waals surface area contributed by atoms with E-state index in [2.05, 4.69) is 0 Å². The van der Waals surface area contributed by atoms with E-state index >= 15 is 0 Å². The topological polar surface area (TPSA) is 40.5 Å². The van der Waals surface area contributed by atoms with Gasteiger partial charge in [0.1, 0.15) is 0 Å². The van der Waals surface area contributed by atoms with Gasteiger partial charge in [-0.3, -0.25) is 4.79 Å². The molecular formula is C12H17NO2. The lowest BCUT2D eigenvalue weighted by atomic mass is 10.2. The first kappa shape index (κ1) is 11.7. The van der Waals surface area contributed by atoms with E-state index in [1.165, 1.54) is 0 Å². The van der Waals surface area contributed by atoms with E-state index in [0.29, 0.717) is 12.1 Å². The molecule has 0 bridgehead atoms. The molecule has 0 aliphatic rings. The Hall–Kier alpha value is -1.35. The van der Waals surface area contributed by atoms with Crippen molar-refractivity contribution >= 4 is 5.91 Å². The van der Waals surface area contributed by atoms with Crippen LogP contribution in [0.2, 0.25) is 0 Å². The molecule has 0 fully saturated rings. The number of carbonyl (C=O) groups is 1. The first-order valence-corrected chi connectivity index (χ1v) is 5.13. The summed E-state index contributed by atoms with van der Waals surface area (Å²) in [7, 11) is 0. The number of amides is 1. The maximum absolute atomic E-state index is 12.0. The van der Waals surface area contributed by atoms with E-state index in [1.54, 1.807) is 17.0 Å². The molecule has 1 aromatic rings. The predicted molar refractivity (Wildman–Crippen MR) is 59.7 cm³/mol. The highest BCUT2D eigenvalue weighted by atomic mass is 16.3. The number of rotatable bonds is 4. The van der Waals surface area contributed by atoms with Crippen molar-refractivity contribution in [3.05, 3.63) is 35.9 Å². The van der Waals surface area contributed by atoms with Gasteiger partial charge in [0.05, 0.1) is 6.61 Å². The van der Waals surface area contributed by atoms with Crippen LogP contribution in [0.5, 0.6) is 0 Å². The van der Waals surface area contributed by atoms with Gasteiger partial charge in [-0.1, -0.05) is 18.2 Å². The van der Waals surface area contributed by atoms with Crippen molar-refractivity contribution in [2.24, 2.45) is 0 Å². The highest BCUT2D eigenvalue weighted by Gasteiger charge is 2.17. The molecule has 0 aliphatic carbocycles. The fraction of sp³-hybridized carbons (Fsp3) is 0.417. The van der Waals surface area contributed by atoms with Gasteiger partial charge in [-0.2, -0.15) is 0 Å². The second kappa shape index (κ2) is 5.51. The molecule has 0 saturated carbocycles. The Balaban J connectivity index is 2.81. The van der Waals surface area contributed by atoms with Crippen LogP contribution in [0.4, 0.5) is 0 Å². The highest BCUT2D eigenvalue weighted by molar-refractivity contribution is 5.94. The lowest BCUT2D eigenvalue weighted by Crippen LogP contribution is -2.38. The van der Waals surface area contributed by atoms with Crippen LogP contribution in [0.15, 0.2) is 30.3 Å². The van der Waals surface area contributed by atoms with Crippen molar-refractivity contribution in [3.8, 4) is 0 Å². The summed E-state index contributed by atoms with van der Waals surface area (Å²) in [5, 5.41) is 8.89. The molecular weight excluding hydrogens is 190 g/mol. The fourth-order valence-electron chi connectivity index (χ4n) is 1.45. The molecule has 0 saturated heterocycles. The summed E-state index contributed by atoms with van der Waals surface area (Å²) in [5.41, 5.74) is 0.666. The van der Waals surface area contributed by atoms with Crippen molar-refractivity contribution in [1.82, 2.24) is 4.90 Å². The Morgan fingerprint density at radius 2 is 1.93 bits per heavy atom. The van der Waals surface area contributed by atoms with Gasteiger partial charge in [0, 0.05) is 18.2 Å². The third kappa shape index (κ3) is 3.06. The monoisotopic (exact) mass is 207 g/mol. The van der Waals surface area contributed by atoms with Crippen LogP contribution in [-0.4, -0.2) is 35.1 Å². The molecule has 1 N–H and O–H groups in total. The molecule has 0 radical (unpaired) electrons. The molecule has 3 heteroatoms. The average Bonchev–Trinajstić information content (AvgIpc) is 2.26. The molecule has 1 rings (SSSR count). The summed E-state index contributed by atoms with van der Waals surface area (Å²) in [6, 6.07) is 9.23. The lowest BCUT2D eigenvalue weighted by molar-refractivity contribution is 0.0665. The largest absolute Gasteiger partial charge is 0.395 e. The van der Waals surface area contributed by atoms with Crippen LogP contribution in [-0.2, 0) is 0 Å². The Kier molecular flexibility index (Phi) is 4.31. The smallest absolute Gasteiger partial charge is 0.254 e. The number of aliphatic hydroxyl groups is 1. The molecule has 0 aromatic heterocycles. The van der Waals surface area contributed by atoms with Gasteiger partial charge < -0.3 is 10.0 Å². The minimum Gasteiger partial charge on any atom is -0.395 e. The van der Waals surface area contributed by atoms with Crippen molar-refractivity contribution in [1.29, 1.82) is 0 Å². The lowest BCUT2D eigenvalue weighted by Gasteiger charge is -2.25. The zero-order valence-corrected chi connectivity index (χ0v) is 9.18. The van der Waals surface area contributed by atoms with Gasteiger partial charge in [0.25, 0.3) is 5.91 Å². The zero-order valence-electron chi connectivity index (χ0n) is 9.18. The maximum atomic E-state index is 12.0. The van der Waals surface area contributed by atoms with Crippen LogP contribution in [0, 0.1) is 0 Å². The van der Waals surface area contributed by atoms with E-state index < -0.39 is 0 Å². The highest BCUT2D eigenvalue weighted by Crippen LogP contribution is 2.07. The van der Waals surface area contributed by atoms with Crippen LogP contribution >= 0.6 is 0 Å². The summed E-state index contributed by atoms with van der Waals surface area (Å²) >= 11 is 0. The molecule has 1 aromatic carbocycles. The quantitative estimate of drug-likeness (QED) is 0.813. The molecule has 0 heterocycles. The Labute approximate surface area is 90.3 Å². The number of benzene rings is 1. The van der Waals surface area contributed by atoms with E-state index in [-0.39, 0.29) is 18.6 Å². The predicted octanol–water partition coefficient (Wildman–Crippen LogP) is 1.53. The van der Waals surface area contributed by atoms with Gasteiger partial charge >= 0.3 is 0 Å². The molecule has 1 amide bonds. The molecule has 0 unspecified atom stereocenters. The summed E-state index contributed by atoms with van der Waals surface area (Å²) in [5.74, 6) is -0.0281. The minimum absolute atomic E-state index is 0.00322. The Bertz CT molecular complexity index is 309. The third-order valence-corrected chi connectivity index (χ3v) is 2.25. The molecule has 0 spiro atoms. The molecule has 0 atom stereocenters. The van der Waals surface area contributed by atoms with Crippen LogP contribution in [0.3, 0.4) is 0 Å². The summed E-state index contributed by atoms with van der Waals surface area (Å²) in [6.07, 6.45) is 0. The third-order valence-electron chi connectivity index (χ3n) is 2.25. The van der Waals surface area contributed by atoms with Crippen LogP contribution < -0.4 is 0 Å². The normalized spacial score (nSPS) is 10.4. The summed E-state index contributed by atoms with van der Waals surface area (Å²) in [6.45, 7) is 4.26. The first-order valence-electron chi connectivity index (χ1n) is 5.13. The Morgan fingerprint density at radius 1 is 1.33 bits per heavy atom. The van der Waals surface area contributed by atoms with Gasteiger partial charge in [0.2, 0.25) is 0 Å². The fourth-order valence-corrected chi connectivity index (χ4v) is 1.45. The van der Waals surface area contributed by atoms with Gasteiger partial charge in [-0.25, -0.2) is 0 Å². The van der Waals surface area contributed by atoms with E-state index in [1.807, 2.05) is 32.0 Å². The van der Waals surface area contributed by atoms with Gasteiger partial charge in [0.15, 0.2) is 0 Å². The number of hydrogen-bond donors (Lipinski definition) is 1. The van der Waals surface area contributed by atoms with Gasteiger partial charge in [-0.15, -0.1) is 0 Å². The maximum Gasteiger partial charge on any atom is 0.254 e. The van der Waals surface area contributed by atoms with Crippen LogP contribution in [0.1, 0.15) is 24.2 Å². The SMILES string of the molecule is CC(C)N(CCO)C(=O)c1ccccc1. The number of nitrogens with zero attached hydrogens (tertiary/aromatic N) is 1. The van der Waals surface area contributed by atoms with Crippen molar-refractivity contribution in [2.45, 2.75) is 19.9 Å². The standard InChI is InChI=1S/C12H17NO2/c1-10(2)13(8-9-14)12(15)11-6-4-3-5-7-11/h3-7,10,14H,8-9H2,1-2H3. The van der Waals surface area contributed by atoms with Crippen molar-refractivity contribution < 1.29 is 9.90 Å². The van der Waals surface area contributed by atoms with Crippen LogP contribution in [0.25, 0.3) is 0 Å². The summed E-state index contributed by atoms with van der Waals surface area (Å²) < 4.78 is 0. The van der Waals surface area contributed by atoms with E-state index in [9.17, 15) is 4.79 Å². The van der Waals surface area contributed by atoms with E-state index in [4.69, 9.17) is 5.11 Å². The number of hydrogen-bond acceptors (Lipinski definition) is 2. The number of carbonyl (C=O) groups excluding carboxylic acids is 1. The second-order valence-corrected chi connectivity index (χ2v) is 3.68. The molecule has 0 aliphatic heterocycles. The first-order chi connectivity index (χ1) is 7.16. The molecule has 15 heavy (non-hydrogen) atoms. The summed E-state index contributed by atoms with van der Waals surface area (Å²) in [4.78, 5) is 13.7. The number of aliphatic hydroxyl groups excluding tert-OH is 1. The van der Waals surface area contributed by atoms with Gasteiger partial charge in [-0.05, 0) is 26.0 Å².